The first kappa shape index (κ1) is 14.9. The number of nitrogens with zero attached hydrogens (tertiary/aromatic N) is 3. The number of rotatable bonds is 3. The Morgan fingerprint density at radius 3 is 2.30 bits per heavy atom. The van der Waals surface area contributed by atoms with Gasteiger partial charge in [0.2, 0.25) is 0 Å². The smallest absolute Gasteiger partial charge is 0.118 e. The minimum Gasteiger partial charge on any atom is -0.497 e. The molecule has 0 aliphatic carbocycles. The number of hydrogen-bond donors (Lipinski definition) is 0. The molecule has 0 spiro atoms. The third kappa shape index (κ3) is 2.82. The van der Waals surface area contributed by atoms with Crippen molar-refractivity contribution in [3.8, 4) is 34.2 Å². The fourth-order valence-corrected chi connectivity index (χ4v) is 2.52. The summed E-state index contributed by atoms with van der Waals surface area (Å²) in [6.45, 7) is 2.01. The molecule has 2 aromatic carbocycles. The monoisotopic (exact) mass is 303 g/mol. The first-order valence-electron chi connectivity index (χ1n) is 7.32. The van der Waals surface area contributed by atoms with Crippen LogP contribution in [0.2, 0.25) is 0 Å². The molecule has 0 saturated heterocycles. The molecule has 0 atom stereocenters. The van der Waals surface area contributed by atoms with Crippen molar-refractivity contribution in [1.82, 2.24) is 9.78 Å². The van der Waals surface area contributed by atoms with Crippen molar-refractivity contribution in [1.29, 1.82) is 5.26 Å². The van der Waals surface area contributed by atoms with E-state index in [9.17, 15) is 5.26 Å². The van der Waals surface area contributed by atoms with E-state index in [0.29, 0.717) is 5.56 Å². The van der Waals surface area contributed by atoms with Crippen LogP contribution in [0, 0.1) is 18.3 Å². The highest BCUT2D eigenvalue weighted by Gasteiger charge is 2.10. The summed E-state index contributed by atoms with van der Waals surface area (Å²) in [4.78, 5) is 0. The van der Waals surface area contributed by atoms with E-state index in [-0.39, 0.29) is 0 Å². The molecule has 4 heteroatoms. The van der Waals surface area contributed by atoms with Gasteiger partial charge in [-0.15, -0.1) is 0 Å². The van der Waals surface area contributed by atoms with Crippen LogP contribution in [0.4, 0.5) is 0 Å². The second-order valence-corrected chi connectivity index (χ2v) is 5.40. The van der Waals surface area contributed by atoms with Crippen LogP contribution in [0.15, 0.2) is 48.5 Å². The van der Waals surface area contributed by atoms with Crippen LogP contribution in [0.25, 0.3) is 22.4 Å². The minimum atomic E-state index is 0.635. The molecular weight excluding hydrogens is 286 g/mol. The van der Waals surface area contributed by atoms with E-state index >= 15 is 0 Å². The van der Waals surface area contributed by atoms with Gasteiger partial charge < -0.3 is 4.74 Å². The van der Waals surface area contributed by atoms with Crippen molar-refractivity contribution in [3.63, 3.8) is 0 Å². The number of hydrogen-bond acceptors (Lipinski definition) is 3. The Morgan fingerprint density at radius 1 is 1.04 bits per heavy atom. The van der Waals surface area contributed by atoms with Gasteiger partial charge in [0.25, 0.3) is 0 Å². The molecular formula is C19H17N3O. The van der Waals surface area contributed by atoms with Gasteiger partial charge in [-0.25, -0.2) is 0 Å². The lowest BCUT2D eigenvalue weighted by Gasteiger charge is -2.07. The number of benzene rings is 2. The molecule has 1 heterocycles. The first-order chi connectivity index (χ1) is 11.1. The van der Waals surface area contributed by atoms with E-state index in [1.165, 1.54) is 0 Å². The van der Waals surface area contributed by atoms with Crippen molar-refractivity contribution >= 4 is 0 Å². The van der Waals surface area contributed by atoms with Crippen LogP contribution in [0.3, 0.4) is 0 Å². The van der Waals surface area contributed by atoms with Gasteiger partial charge in [-0.2, -0.15) is 10.4 Å². The van der Waals surface area contributed by atoms with Gasteiger partial charge in [0, 0.05) is 18.3 Å². The average molecular weight is 303 g/mol. The number of methoxy groups -OCH3 is 1. The summed E-state index contributed by atoms with van der Waals surface area (Å²) >= 11 is 0. The maximum atomic E-state index is 9.51. The summed E-state index contributed by atoms with van der Waals surface area (Å²) < 4.78 is 7.01. The van der Waals surface area contributed by atoms with Crippen LogP contribution in [-0.4, -0.2) is 16.9 Å². The molecule has 0 N–H and O–H groups in total. The van der Waals surface area contributed by atoms with Gasteiger partial charge in [-0.05, 0) is 42.3 Å². The summed E-state index contributed by atoms with van der Waals surface area (Å²) in [5.41, 5.74) is 5.44. The number of aryl methyl sites for hydroxylation is 2. The zero-order valence-electron chi connectivity index (χ0n) is 13.4. The molecule has 0 aliphatic heterocycles. The molecule has 0 unspecified atom stereocenters. The van der Waals surface area contributed by atoms with E-state index in [2.05, 4.69) is 11.2 Å². The fraction of sp³-hybridized carbons (Fsp3) is 0.158. The quantitative estimate of drug-likeness (QED) is 0.736. The minimum absolute atomic E-state index is 0.635. The fourth-order valence-electron chi connectivity index (χ4n) is 2.52. The van der Waals surface area contributed by atoms with Crippen LogP contribution in [-0.2, 0) is 7.05 Å². The number of aromatic nitrogens is 2. The summed E-state index contributed by atoms with van der Waals surface area (Å²) in [5.74, 6) is 0.799. The van der Waals surface area contributed by atoms with Gasteiger partial charge >= 0.3 is 0 Å². The van der Waals surface area contributed by atoms with Gasteiger partial charge in [0.05, 0.1) is 24.4 Å². The van der Waals surface area contributed by atoms with Gasteiger partial charge in [-0.1, -0.05) is 24.3 Å². The van der Waals surface area contributed by atoms with Crippen molar-refractivity contribution in [2.24, 2.45) is 7.05 Å². The molecule has 1 aromatic heterocycles. The third-order valence-electron chi connectivity index (χ3n) is 3.95. The number of nitriles is 1. The Labute approximate surface area is 135 Å². The highest BCUT2D eigenvalue weighted by molar-refractivity contribution is 5.75. The zero-order valence-corrected chi connectivity index (χ0v) is 13.4. The maximum Gasteiger partial charge on any atom is 0.118 e. The van der Waals surface area contributed by atoms with E-state index in [0.717, 1.165) is 33.8 Å². The molecule has 3 aromatic rings. The Hall–Kier alpha value is -3.06. The Morgan fingerprint density at radius 2 is 1.74 bits per heavy atom. The highest BCUT2D eigenvalue weighted by Crippen LogP contribution is 2.29. The van der Waals surface area contributed by atoms with Crippen molar-refractivity contribution in [3.05, 3.63) is 59.8 Å². The Bertz CT molecular complexity index is 866. The largest absolute Gasteiger partial charge is 0.497 e. The predicted molar refractivity (Wildman–Crippen MR) is 90.1 cm³/mol. The van der Waals surface area contributed by atoms with E-state index in [1.807, 2.05) is 67.2 Å². The molecule has 0 fully saturated rings. The SMILES string of the molecule is COc1ccc(-c2ccc(-c3cc(C)n(C)n3)cc2C#N)cc1. The Kier molecular flexibility index (Phi) is 3.86. The van der Waals surface area contributed by atoms with Crippen molar-refractivity contribution in [2.45, 2.75) is 6.92 Å². The van der Waals surface area contributed by atoms with E-state index in [4.69, 9.17) is 4.74 Å². The zero-order chi connectivity index (χ0) is 16.4. The van der Waals surface area contributed by atoms with Crippen LogP contribution >= 0.6 is 0 Å². The second-order valence-electron chi connectivity index (χ2n) is 5.40. The molecule has 0 saturated carbocycles. The third-order valence-corrected chi connectivity index (χ3v) is 3.95. The molecule has 0 radical (unpaired) electrons. The van der Waals surface area contributed by atoms with Crippen molar-refractivity contribution < 1.29 is 4.74 Å². The number of ether oxygens (including phenoxy) is 1. The second kappa shape index (κ2) is 5.98. The first-order valence-corrected chi connectivity index (χ1v) is 7.32. The Balaban J connectivity index is 2.04. The molecule has 0 bridgehead atoms. The van der Waals surface area contributed by atoms with Crippen LogP contribution < -0.4 is 4.74 Å². The maximum absolute atomic E-state index is 9.51. The molecule has 0 amide bonds. The van der Waals surface area contributed by atoms with Gasteiger partial charge in [0.15, 0.2) is 0 Å². The molecule has 3 rings (SSSR count). The topological polar surface area (TPSA) is 50.8 Å². The highest BCUT2D eigenvalue weighted by atomic mass is 16.5. The summed E-state index contributed by atoms with van der Waals surface area (Å²) in [6.07, 6.45) is 0. The lowest BCUT2D eigenvalue weighted by Crippen LogP contribution is -1.92. The summed E-state index contributed by atoms with van der Waals surface area (Å²) in [7, 11) is 3.55. The standard InChI is InChI=1S/C19H17N3O/c1-13-10-19(21-22(13)2)15-6-9-18(16(11-15)12-20)14-4-7-17(23-3)8-5-14/h4-11H,1-3H3. The summed E-state index contributed by atoms with van der Waals surface area (Å²) in [6, 6.07) is 17.9. The molecule has 114 valence electrons. The van der Waals surface area contributed by atoms with E-state index in [1.54, 1.807) is 7.11 Å². The normalized spacial score (nSPS) is 10.3. The predicted octanol–water partition coefficient (Wildman–Crippen LogP) is 3.94. The summed E-state index contributed by atoms with van der Waals surface area (Å²) in [5, 5.41) is 14.0. The van der Waals surface area contributed by atoms with Crippen LogP contribution in [0.5, 0.6) is 5.75 Å². The van der Waals surface area contributed by atoms with Crippen molar-refractivity contribution in [2.75, 3.05) is 7.11 Å². The lowest BCUT2D eigenvalue weighted by atomic mass is 9.97. The average Bonchev–Trinajstić information content (AvgIpc) is 2.93. The lowest BCUT2D eigenvalue weighted by molar-refractivity contribution is 0.415. The molecule has 4 nitrogen and oxygen atoms in total. The molecule has 0 aliphatic rings. The van der Waals surface area contributed by atoms with Crippen LogP contribution in [0.1, 0.15) is 11.3 Å². The molecule has 23 heavy (non-hydrogen) atoms. The van der Waals surface area contributed by atoms with Gasteiger partial charge in [0.1, 0.15) is 5.75 Å². The van der Waals surface area contributed by atoms with E-state index < -0.39 is 0 Å². The van der Waals surface area contributed by atoms with Gasteiger partial charge in [-0.3, -0.25) is 4.68 Å².